The summed E-state index contributed by atoms with van der Waals surface area (Å²) in [5.74, 6) is 1.49. The summed E-state index contributed by atoms with van der Waals surface area (Å²) >= 11 is 0. The van der Waals surface area contributed by atoms with E-state index in [1.165, 1.54) is 0 Å². The molecule has 0 bridgehead atoms. The van der Waals surface area contributed by atoms with Gasteiger partial charge in [0, 0.05) is 26.1 Å². The minimum atomic E-state index is 0.331. The van der Waals surface area contributed by atoms with E-state index in [4.69, 9.17) is 18.9 Å². The minimum Gasteiger partial charge on any atom is -0.467 e. The summed E-state index contributed by atoms with van der Waals surface area (Å²) < 4.78 is 20.4. The molecule has 4 heteroatoms. The Balaban J connectivity index is 0.000000280. The Kier molecular flexibility index (Phi) is 7.01. The van der Waals surface area contributed by atoms with Gasteiger partial charge in [-0.1, -0.05) is 13.2 Å². The van der Waals surface area contributed by atoms with Crippen LogP contribution in [0.1, 0.15) is 26.7 Å². The van der Waals surface area contributed by atoms with E-state index in [1.54, 1.807) is 0 Å². The van der Waals surface area contributed by atoms with Crippen molar-refractivity contribution in [3.05, 3.63) is 24.7 Å². The van der Waals surface area contributed by atoms with Crippen molar-refractivity contribution in [2.75, 3.05) is 26.4 Å². The van der Waals surface area contributed by atoms with Crippen LogP contribution in [0.2, 0.25) is 0 Å². The summed E-state index contributed by atoms with van der Waals surface area (Å²) in [4.78, 5) is 0. The van der Waals surface area contributed by atoms with Gasteiger partial charge in [0.05, 0.1) is 36.9 Å². The molecule has 0 spiro atoms. The third kappa shape index (κ3) is 8.28. The first-order valence-electron chi connectivity index (χ1n) is 6.50. The van der Waals surface area contributed by atoms with Crippen molar-refractivity contribution in [2.24, 2.45) is 0 Å². The number of ether oxygens (including phenoxy) is 4. The quantitative estimate of drug-likeness (QED) is 0.494. The number of hydrogen-bond donors (Lipinski definition) is 0. The van der Waals surface area contributed by atoms with E-state index in [9.17, 15) is 0 Å². The molecule has 2 unspecified atom stereocenters. The van der Waals surface area contributed by atoms with Gasteiger partial charge in [-0.15, -0.1) is 0 Å². The Labute approximate surface area is 110 Å². The fraction of sp³-hybridized carbons (Fsp3) is 0.714. The van der Waals surface area contributed by atoms with Crippen LogP contribution < -0.4 is 0 Å². The minimum absolute atomic E-state index is 0.331. The predicted molar refractivity (Wildman–Crippen MR) is 70.2 cm³/mol. The lowest BCUT2D eigenvalue weighted by Gasteiger charge is -2.08. The Morgan fingerprint density at radius 2 is 1.39 bits per heavy atom. The van der Waals surface area contributed by atoms with Crippen molar-refractivity contribution in [2.45, 2.75) is 38.9 Å². The Morgan fingerprint density at radius 3 is 1.61 bits per heavy atom. The summed E-state index contributed by atoms with van der Waals surface area (Å²) in [5, 5.41) is 0. The van der Waals surface area contributed by atoms with Crippen LogP contribution in [-0.4, -0.2) is 38.6 Å². The van der Waals surface area contributed by atoms with Crippen LogP contribution in [0.4, 0.5) is 0 Å². The topological polar surface area (TPSA) is 43.5 Å². The van der Waals surface area contributed by atoms with E-state index in [0.717, 1.165) is 50.8 Å². The number of epoxide rings is 2. The van der Waals surface area contributed by atoms with Gasteiger partial charge in [0.2, 0.25) is 0 Å². The van der Waals surface area contributed by atoms with Crippen LogP contribution in [0.15, 0.2) is 24.7 Å². The van der Waals surface area contributed by atoms with Crippen molar-refractivity contribution in [1.29, 1.82) is 0 Å². The largest absolute Gasteiger partial charge is 0.467 e. The smallest absolute Gasteiger partial charge is 0.0991 e. The Bertz CT molecular complexity index is 241. The number of hydrogen-bond acceptors (Lipinski definition) is 4. The van der Waals surface area contributed by atoms with Crippen molar-refractivity contribution in [1.82, 2.24) is 0 Å². The lowest BCUT2D eigenvalue weighted by molar-refractivity contribution is 0.162. The fourth-order valence-electron chi connectivity index (χ4n) is 1.37. The van der Waals surface area contributed by atoms with Gasteiger partial charge in [-0.05, 0) is 13.8 Å². The summed E-state index contributed by atoms with van der Waals surface area (Å²) in [6.45, 7) is 14.9. The number of rotatable bonds is 8. The summed E-state index contributed by atoms with van der Waals surface area (Å²) in [5.41, 5.74) is 0. The van der Waals surface area contributed by atoms with E-state index in [0.29, 0.717) is 12.2 Å². The second-order valence-electron chi connectivity index (χ2n) is 4.28. The van der Waals surface area contributed by atoms with Crippen LogP contribution in [0.25, 0.3) is 0 Å². The average Bonchev–Trinajstić information content (AvgIpc) is 3.16. The average molecular weight is 256 g/mol. The molecule has 0 N–H and O–H groups in total. The van der Waals surface area contributed by atoms with E-state index in [1.807, 2.05) is 13.8 Å². The molecule has 2 aliphatic rings. The van der Waals surface area contributed by atoms with E-state index in [2.05, 4.69) is 13.2 Å². The summed E-state index contributed by atoms with van der Waals surface area (Å²) in [6.07, 6.45) is 2.23. The second kappa shape index (κ2) is 8.29. The molecule has 2 saturated heterocycles. The molecule has 4 nitrogen and oxygen atoms in total. The zero-order valence-electron chi connectivity index (χ0n) is 11.4. The van der Waals surface area contributed by atoms with Crippen molar-refractivity contribution in [3.8, 4) is 0 Å². The monoisotopic (exact) mass is 256 g/mol. The predicted octanol–water partition coefficient (Wildman–Crippen LogP) is 2.65. The van der Waals surface area contributed by atoms with Crippen molar-refractivity contribution in [3.63, 3.8) is 0 Å². The van der Waals surface area contributed by atoms with Gasteiger partial charge in [-0.2, -0.15) is 0 Å². The molecule has 0 aliphatic carbocycles. The van der Waals surface area contributed by atoms with Gasteiger partial charge in [-0.3, -0.25) is 0 Å². The molecule has 0 saturated carbocycles. The second-order valence-corrected chi connectivity index (χ2v) is 4.28. The summed E-state index contributed by atoms with van der Waals surface area (Å²) in [7, 11) is 0. The molecular weight excluding hydrogens is 232 g/mol. The van der Waals surface area contributed by atoms with Gasteiger partial charge < -0.3 is 18.9 Å². The lowest BCUT2D eigenvalue weighted by atomic mass is 10.3. The van der Waals surface area contributed by atoms with Gasteiger partial charge in [0.25, 0.3) is 0 Å². The van der Waals surface area contributed by atoms with Gasteiger partial charge in [-0.25, -0.2) is 0 Å². The fourth-order valence-corrected chi connectivity index (χ4v) is 1.37. The standard InChI is InChI=1S/C10H14O3.C4H10O/c1-7(3-9-5-11-9)13-8(2)4-10-6-12-10;1-3-5-4-2/h9-10H,1-6H2;3-4H2,1-2H3. The maximum absolute atomic E-state index is 5.40. The zero-order chi connectivity index (χ0) is 13.4. The Morgan fingerprint density at radius 1 is 1.00 bits per heavy atom. The maximum atomic E-state index is 5.40. The van der Waals surface area contributed by atoms with Crippen LogP contribution in [0, 0.1) is 0 Å². The molecule has 0 radical (unpaired) electrons. The first kappa shape index (κ1) is 15.2. The van der Waals surface area contributed by atoms with E-state index < -0.39 is 0 Å². The van der Waals surface area contributed by atoms with Crippen LogP contribution in [-0.2, 0) is 18.9 Å². The van der Waals surface area contributed by atoms with Gasteiger partial charge in [0.15, 0.2) is 0 Å². The van der Waals surface area contributed by atoms with Crippen LogP contribution in [0.3, 0.4) is 0 Å². The van der Waals surface area contributed by atoms with E-state index in [-0.39, 0.29) is 0 Å². The molecule has 0 aromatic heterocycles. The first-order chi connectivity index (χ1) is 8.65. The molecule has 2 atom stereocenters. The molecular formula is C14H24O4. The highest BCUT2D eigenvalue weighted by atomic mass is 16.6. The van der Waals surface area contributed by atoms with Crippen LogP contribution >= 0.6 is 0 Å². The third-order valence-electron chi connectivity index (χ3n) is 2.41. The molecule has 0 aromatic rings. The normalized spacial score (nSPS) is 23.7. The van der Waals surface area contributed by atoms with Gasteiger partial charge in [0.1, 0.15) is 0 Å². The van der Waals surface area contributed by atoms with Crippen LogP contribution in [0.5, 0.6) is 0 Å². The molecule has 2 rings (SSSR count). The molecule has 104 valence electrons. The first-order valence-corrected chi connectivity index (χ1v) is 6.50. The highest BCUT2D eigenvalue weighted by Gasteiger charge is 2.26. The molecule has 18 heavy (non-hydrogen) atoms. The van der Waals surface area contributed by atoms with Crippen molar-refractivity contribution < 1.29 is 18.9 Å². The molecule has 0 aromatic carbocycles. The lowest BCUT2D eigenvalue weighted by Crippen LogP contribution is -1.97. The highest BCUT2D eigenvalue weighted by Crippen LogP contribution is 2.24. The zero-order valence-corrected chi connectivity index (χ0v) is 11.4. The van der Waals surface area contributed by atoms with Crippen molar-refractivity contribution >= 4 is 0 Å². The van der Waals surface area contributed by atoms with E-state index >= 15 is 0 Å². The third-order valence-corrected chi connectivity index (χ3v) is 2.41. The molecule has 2 aliphatic heterocycles. The molecule has 2 heterocycles. The molecule has 0 amide bonds. The highest BCUT2D eigenvalue weighted by molar-refractivity contribution is 4.99. The maximum Gasteiger partial charge on any atom is 0.0991 e. The SMILES string of the molecule is C=C(CC1CO1)OC(=C)CC1CO1.CCOCC. The molecule has 2 fully saturated rings. The van der Waals surface area contributed by atoms with Gasteiger partial charge >= 0.3 is 0 Å². The Hall–Kier alpha value is -0.840. The summed E-state index contributed by atoms with van der Waals surface area (Å²) in [6, 6.07) is 0.